The second-order valence-electron chi connectivity index (χ2n) is 3.67. The molecule has 86 valence electrons. The Morgan fingerprint density at radius 2 is 2.06 bits per heavy atom. The van der Waals surface area contributed by atoms with Crippen LogP contribution in [-0.4, -0.2) is 24.8 Å². The summed E-state index contributed by atoms with van der Waals surface area (Å²) in [6, 6.07) is 0. The third kappa shape index (κ3) is 1.56. The van der Waals surface area contributed by atoms with E-state index < -0.39 is 0 Å². The number of aromatic nitrogens is 5. The van der Waals surface area contributed by atoms with Crippen LogP contribution in [-0.2, 0) is 19.9 Å². The zero-order valence-electron chi connectivity index (χ0n) is 9.80. The van der Waals surface area contributed by atoms with Gasteiger partial charge >= 0.3 is 0 Å². The Balaban J connectivity index is 2.57. The van der Waals surface area contributed by atoms with Crippen molar-refractivity contribution in [2.24, 2.45) is 7.05 Å². The van der Waals surface area contributed by atoms with Gasteiger partial charge in [-0.2, -0.15) is 5.10 Å². The molecule has 2 aromatic heterocycles. The van der Waals surface area contributed by atoms with Gasteiger partial charge in [-0.25, -0.2) is 4.68 Å². The normalized spacial score (nSPS) is 10.9. The maximum atomic E-state index is 5.77. The predicted octanol–water partition coefficient (Wildman–Crippen LogP) is 0.708. The van der Waals surface area contributed by atoms with E-state index in [9.17, 15) is 0 Å². The Bertz CT molecular complexity index is 495. The van der Waals surface area contributed by atoms with Crippen LogP contribution in [0.4, 0.5) is 5.82 Å². The second kappa shape index (κ2) is 3.96. The minimum absolute atomic E-state index is 0.494. The molecular weight excluding hydrogens is 204 g/mol. The van der Waals surface area contributed by atoms with Crippen molar-refractivity contribution in [2.45, 2.75) is 26.7 Å². The summed E-state index contributed by atoms with van der Waals surface area (Å²) in [6.45, 7) is 4.10. The molecule has 2 rings (SSSR count). The van der Waals surface area contributed by atoms with Crippen LogP contribution in [0.2, 0.25) is 0 Å². The molecule has 0 unspecified atom stereocenters. The van der Waals surface area contributed by atoms with E-state index in [4.69, 9.17) is 5.73 Å². The number of hydrogen-bond donors (Lipinski definition) is 1. The standard InChI is InChI=1S/C10H16N6/c1-4-7-9(6-15(3)13-7)16-8(5-2)10(11)12-14-16/h6H,4-5,11H2,1-3H3. The van der Waals surface area contributed by atoms with Crippen molar-refractivity contribution in [1.29, 1.82) is 0 Å². The third-order valence-corrected chi connectivity index (χ3v) is 2.57. The van der Waals surface area contributed by atoms with Gasteiger partial charge in [-0.05, 0) is 12.8 Å². The van der Waals surface area contributed by atoms with Gasteiger partial charge in [-0.1, -0.05) is 19.1 Å². The molecule has 6 heteroatoms. The SMILES string of the molecule is CCc1nn(C)cc1-n1nnc(N)c1CC. The average molecular weight is 220 g/mol. The van der Waals surface area contributed by atoms with Crippen molar-refractivity contribution in [3.8, 4) is 5.69 Å². The minimum Gasteiger partial charge on any atom is -0.381 e. The zero-order valence-corrected chi connectivity index (χ0v) is 9.80. The maximum absolute atomic E-state index is 5.77. The van der Waals surface area contributed by atoms with Crippen LogP contribution in [0.25, 0.3) is 5.69 Å². The lowest BCUT2D eigenvalue weighted by Gasteiger charge is -2.03. The highest BCUT2D eigenvalue weighted by Gasteiger charge is 2.14. The topological polar surface area (TPSA) is 74.5 Å². The first-order valence-electron chi connectivity index (χ1n) is 5.40. The highest BCUT2D eigenvalue weighted by Crippen LogP contribution is 2.18. The van der Waals surface area contributed by atoms with Crippen LogP contribution in [0.15, 0.2) is 6.20 Å². The molecule has 0 aliphatic heterocycles. The molecule has 0 saturated heterocycles. The largest absolute Gasteiger partial charge is 0.381 e. The fourth-order valence-corrected chi connectivity index (χ4v) is 1.79. The summed E-state index contributed by atoms with van der Waals surface area (Å²) in [5.41, 5.74) is 8.66. The van der Waals surface area contributed by atoms with Crippen LogP contribution >= 0.6 is 0 Å². The second-order valence-corrected chi connectivity index (χ2v) is 3.67. The quantitative estimate of drug-likeness (QED) is 0.826. The molecule has 0 amide bonds. The summed E-state index contributed by atoms with van der Waals surface area (Å²) in [7, 11) is 1.90. The summed E-state index contributed by atoms with van der Waals surface area (Å²) in [5.74, 6) is 0.494. The van der Waals surface area contributed by atoms with Crippen LogP contribution in [0.1, 0.15) is 25.2 Å². The van der Waals surface area contributed by atoms with E-state index in [0.29, 0.717) is 5.82 Å². The van der Waals surface area contributed by atoms with Gasteiger partial charge in [0.15, 0.2) is 5.82 Å². The van der Waals surface area contributed by atoms with Gasteiger partial charge in [0.1, 0.15) is 5.69 Å². The van der Waals surface area contributed by atoms with Crippen molar-refractivity contribution in [3.63, 3.8) is 0 Å². The van der Waals surface area contributed by atoms with E-state index in [1.54, 1.807) is 9.36 Å². The first-order chi connectivity index (χ1) is 7.67. The fraction of sp³-hybridized carbons (Fsp3) is 0.500. The van der Waals surface area contributed by atoms with Gasteiger partial charge in [0.25, 0.3) is 0 Å². The van der Waals surface area contributed by atoms with Crippen LogP contribution < -0.4 is 5.73 Å². The molecule has 6 nitrogen and oxygen atoms in total. The molecule has 0 radical (unpaired) electrons. The lowest BCUT2D eigenvalue weighted by Crippen LogP contribution is -2.04. The Kier molecular flexibility index (Phi) is 2.64. The molecule has 0 atom stereocenters. The Hall–Kier alpha value is -1.85. The van der Waals surface area contributed by atoms with E-state index >= 15 is 0 Å². The third-order valence-electron chi connectivity index (χ3n) is 2.57. The van der Waals surface area contributed by atoms with Crippen molar-refractivity contribution in [3.05, 3.63) is 17.6 Å². The van der Waals surface area contributed by atoms with Crippen LogP contribution in [0.5, 0.6) is 0 Å². The summed E-state index contributed by atoms with van der Waals surface area (Å²) in [5, 5.41) is 12.3. The molecule has 0 aliphatic rings. The number of nitrogens with two attached hydrogens (primary N) is 1. The van der Waals surface area contributed by atoms with Gasteiger partial charge in [0, 0.05) is 7.05 Å². The molecule has 2 aromatic rings. The Labute approximate surface area is 94.1 Å². The monoisotopic (exact) mass is 220 g/mol. The molecule has 0 bridgehead atoms. The van der Waals surface area contributed by atoms with E-state index in [0.717, 1.165) is 29.9 Å². The van der Waals surface area contributed by atoms with Crippen molar-refractivity contribution in [1.82, 2.24) is 24.8 Å². The average Bonchev–Trinajstić information content (AvgIpc) is 2.81. The number of aryl methyl sites for hydroxylation is 2. The van der Waals surface area contributed by atoms with Crippen LogP contribution in [0.3, 0.4) is 0 Å². The first-order valence-corrected chi connectivity index (χ1v) is 5.40. The van der Waals surface area contributed by atoms with Crippen molar-refractivity contribution < 1.29 is 0 Å². The molecule has 0 aromatic carbocycles. The van der Waals surface area contributed by atoms with E-state index in [2.05, 4.69) is 22.3 Å². The van der Waals surface area contributed by atoms with E-state index in [1.807, 2.05) is 20.2 Å². The number of nitrogen functional groups attached to an aromatic ring is 1. The highest BCUT2D eigenvalue weighted by molar-refractivity contribution is 5.42. The van der Waals surface area contributed by atoms with Crippen molar-refractivity contribution in [2.75, 3.05) is 5.73 Å². The van der Waals surface area contributed by atoms with Crippen LogP contribution in [0, 0.1) is 0 Å². The predicted molar refractivity (Wildman–Crippen MR) is 61.3 cm³/mol. The van der Waals surface area contributed by atoms with Gasteiger partial charge in [0.05, 0.1) is 17.6 Å². The zero-order chi connectivity index (χ0) is 11.7. The molecule has 2 heterocycles. The minimum atomic E-state index is 0.494. The van der Waals surface area contributed by atoms with Gasteiger partial charge in [-0.3, -0.25) is 4.68 Å². The Morgan fingerprint density at radius 1 is 1.31 bits per heavy atom. The molecule has 0 fully saturated rings. The maximum Gasteiger partial charge on any atom is 0.169 e. The summed E-state index contributed by atoms with van der Waals surface area (Å²) in [4.78, 5) is 0. The smallest absolute Gasteiger partial charge is 0.169 e. The number of anilines is 1. The fourth-order valence-electron chi connectivity index (χ4n) is 1.79. The molecular formula is C10H16N6. The van der Waals surface area contributed by atoms with E-state index in [-0.39, 0.29) is 0 Å². The number of hydrogen-bond acceptors (Lipinski definition) is 4. The summed E-state index contributed by atoms with van der Waals surface area (Å²) in [6.07, 6.45) is 3.60. The molecule has 0 aliphatic carbocycles. The van der Waals surface area contributed by atoms with Gasteiger partial charge < -0.3 is 5.73 Å². The molecule has 0 spiro atoms. The highest BCUT2D eigenvalue weighted by atomic mass is 15.5. The summed E-state index contributed by atoms with van der Waals surface area (Å²) < 4.78 is 3.56. The Morgan fingerprint density at radius 3 is 2.69 bits per heavy atom. The first kappa shape index (κ1) is 10.7. The lowest BCUT2D eigenvalue weighted by atomic mass is 10.2. The van der Waals surface area contributed by atoms with E-state index in [1.165, 1.54) is 0 Å². The van der Waals surface area contributed by atoms with Gasteiger partial charge in [-0.15, -0.1) is 5.10 Å². The summed E-state index contributed by atoms with van der Waals surface area (Å²) >= 11 is 0. The number of rotatable bonds is 3. The van der Waals surface area contributed by atoms with Gasteiger partial charge in [0.2, 0.25) is 0 Å². The number of nitrogens with zero attached hydrogens (tertiary/aromatic N) is 5. The lowest BCUT2D eigenvalue weighted by molar-refractivity contribution is 0.746. The molecule has 2 N–H and O–H groups in total. The molecule has 16 heavy (non-hydrogen) atoms. The van der Waals surface area contributed by atoms with Crippen molar-refractivity contribution >= 4 is 5.82 Å². The molecule has 0 saturated carbocycles.